The van der Waals surface area contributed by atoms with Crippen molar-refractivity contribution >= 4 is 45.5 Å². The van der Waals surface area contributed by atoms with E-state index in [1.165, 1.54) is 18.2 Å². The summed E-state index contributed by atoms with van der Waals surface area (Å²) < 4.78 is 1.09. The van der Waals surface area contributed by atoms with Crippen molar-refractivity contribution in [3.63, 3.8) is 0 Å². The lowest BCUT2D eigenvalue weighted by Gasteiger charge is -2.33. The summed E-state index contributed by atoms with van der Waals surface area (Å²) in [5, 5.41) is 7.12. The second-order valence-electron chi connectivity index (χ2n) is 11.8. The largest absolute Gasteiger partial charge is 0.351 e. The highest BCUT2D eigenvalue weighted by atomic mass is 32.1. The van der Waals surface area contributed by atoms with Crippen LogP contribution in [0.15, 0.2) is 35.3 Å². The first kappa shape index (κ1) is 31.0. The van der Waals surface area contributed by atoms with Crippen molar-refractivity contribution < 1.29 is 14.4 Å². The van der Waals surface area contributed by atoms with Crippen molar-refractivity contribution in [2.45, 2.75) is 84.1 Å². The Hall–Kier alpha value is -2.91. The molecule has 0 bridgehead atoms. The Morgan fingerprint density at radius 1 is 1.17 bits per heavy atom. The molecular weight excluding hydrogens is 534 g/mol. The summed E-state index contributed by atoms with van der Waals surface area (Å²) in [5.41, 5.74) is 2.72. The Balaban J connectivity index is 1.48. The molecule has 41 heavy (non-hydrogen) atoms. The van der Waals surface area contributed by atoms with E-state index < -0.39 is 5.92 Å². The second-order valence-corrected chi connectivity index (χ2v) is 12.9. The molecule has 4 rings (SSSR count). The van der Waals surface area contributed by atoms with Gasteiger partial charge >= 0.3 is 0 Å². The van der Waals surface area contributed by atoms with E-state index in [1.807, 2.05) is 6.07 Å². The van der Waals surface area contributed by atoms with Crippen LogP contribution in [-0.2, 0) is 20.8 Å². The number of carbonyl (C=O) groups excluding carboxylic acids is 3. The zero-order chi connectivity index (χ0) is 29.4. The Morgan fingerprint density at radius 3 is 2.59 bits per heavy atom. The maximum absolute atomic E-state index is 13.8. The summed E-state index contributed by atoms with van der Waals surface area (Å²) in [4.78, 5) is 49.7. The van der Waals surface area contributed by atoms with Crippen molar-refractivity contribution in [2.75, 3.05) is 26.2 Å². The van der Waals surface area contributed by atoms with Crippen LogP contribution < -0.4 is 10.6 Å². The zero-order valence-corrected chi connectivity index (χ0v) is 25.6. The summed E-state index contributed by atoms with van der Waals surface area (Å²) in [7, 11) is 0. The fourth-order valence-electron chi connectivity index (χ4n) is 5.47. The predicted octanol–water partition coefficient (Wildman–Crippen LogP) is 5.03. The lowest BCUT2D eigenvalue weighted by molar-refractivity contribution is -0.124. The van der Waals surface area contributed by atoms with Crippen molar-refractivity contribution in [1.82, 2.24) is 20.5 Å². The molecule has 2 heterocycles. The second kappa shape index (κ2) is 14.8. The highest BCUT2D eigenvalue weighted by molar-refractivity contribution is 7.18. The molecule has 2 aliphatic rings. The average Bonchev–Trinajstić information content (AvgIpc) is 3.36. The third kappa shape index (κ3) is 8.79. The third-order valence-electron chi connectivity index (χ3n) is 8.27. The van der Waals surface area contributed by atoms with Crippen molar-refractivity contribution in [1.29, 1.82) is 0 Å². The first-order valence-electron chi connectivity index (χ1n) is 15.2. The van der Waals surface area contributed by atoms with Gasteiger partial charge in [-0.1, -0.05) is 52.7 Å². The van der Waals surface area contributed by atoms with Crippen LogP contribution in [0, 0.1) is 11.8 Å². The molecule has 1 aromatic carbocycles. The van der Waals surface area contributed by atoms with Crippen molar-refractivity contribution in [2.24, 2.45) is 16.8 Å². The Labute approximate surface area is 248 Å². The van der Waals surface area contributed by atoms with Gasteiger partial charge in [-0.25, -0.2) is 9.98 Å². The number of aromatic nitrogens is 1. The van der Waals surface area contributed by atoms with Gasteiger partial charge in [0.2, 0.25) is 17.7 Å². The average molecular weight is 580 g/mol. The quantitative estimate of drug-likeness (QED) is 0.256. The van der Waals surface area contributed by atoms with E-state index >= 15 is 0 Å². The number of hydrogen-bond acceptors (Lipinski definition) is 6. The minimum Gasteiger partial charge on any atom is -0.351 e. The number of fused-ring (bicyclic) bond motifs is 1. The van der Waals surface area contributed by atoms with Crippen LogP contribution in [0.2, 0.25) is 0 Å². The van der Waals surface area contributed by atoms with Gasteiger partial charge in [-0.2, -0.15) is 0 Å². The molecule has 0 spiro atoms. The molecule has 2 atom stereocenters. The van der Waals surface area contributed by atoms with Crippen LogP contribution in [0.5, 0.6) is 0 Å². The number of likely N-dealkylation sites (tertiary alicyclic amines) is 1. The van der Waals surface area contributed by atoms with Crippen molar-refractivity contribution in [3.8, 4) is 0 Å². The summed E-state index contributed by atoms with van der Waals surface area (Å²) in [6.07, 6.45) is 8.74. The summed E-state index contributed by atoms with van der Waals surface area (Å²) >= 11 is 1.58. The van der Waals surface area contributed by atoms with E-state index in [9.17, 15) is 14.4 Å². The van der Waals surface area contributed by atoms with Gasteiger partial charge in [-0.15, -0.1) is 11.3 Å². The number of nitrogens with zero attached hydrogens (tertiary/aromatic N) is 3. The number of aliphatic imine (C=N–C) groups is 1. The van der Waals surface area contributed by atoms with Crippen LogP contribution in [0.25, 0.3) is 10.2 Å². The maximum atomic E-state index is 13.8. The standard InChI is InChI=1S/C32H45N5O3S/c1-5-29(38)33-18-25(17-30-35-26-13-12-24(21(2)3)16-28(26)41-30)32(40)36-27(23-10-7-6-8-11-23)19-34-31(39)22(4)20-37-14-9-15-37/h12-13,16,18,21,23,25,27H,4-11,14-15,17,19-20H2,1-3H3,(H,34,39)(H,36,40)/t25?,27-/m1/s1. The first-order chi connectivity index (χ1) is 19.7. The van der Waals surface area contributed by atoms with Gasteiger partial charge in [0.25, 0.3) is 0 Å². The fourth-order valence-corrected chi connectivity index (χ4v) is 6.55. The van der Waals surface area contributed by atoms with Crippen LogP contribution in [0.1, 0.15) is 82.2 Å². The number of thiazole rings is 1. The van der Waals surface area contributed by atoms with Crippen LogP contribution in [-0.4, -0.2) is 66.0 Å². The monoisotopic (exact) mass is 579 g/mol. The molecule has 1 saturated carbocycles. The lowest BCUT2D eigenvalue weighted by atomic mass is 9.83. The third-order valence-corrected chi connectivity index (χ3v) is 9.31. The molecule has 1 aromatic heterocycles. The van der Waals surface area contributed by atoms with Gasteiger partial charge in [0, 0.05) is 43.8 Å². The van der Waals surface area contributed by atoms with Gasteiger partial charge in [0.15, 0.2) is 0 Å². The highest BCUT2D eigenvalue weighted by Gasteiger charge is 2.29. The molecule has 2 fully saturated rings. The van der Waals surface area contributed by atoms with Gasteiger partial charge in [-0.3, -0.25) is 19.3 Å². The molecular formula is C32H45N5O3S. The Kier molecular flexibility index (Phi) is 11.2. The topological polar surface area (TPSA) is 104 Å². The molecule has 1 saturated heterocycles. The van der Waals surface area contributed by atoms with E-state index in [-0.39, 0.29) is 36.1 Å². The van der Waals surface area contributed by atoms with Crippen LogP contribution >= 0.6 is 11.3 Å². The number of nitrogens with one attached hydrogen (secondary N) is 2. The SMILES string of the molecule is C=C(CN1CCC1)C(=O)NC[C@@H](NC(=O)C(C=NC(=O)CC)Cc1nc2ccc(C(C)C)cc2s1)C1CCCCC1. The molecule has 9 heteroatoms. The molecule has 8 nitrogen and oxygen atoms in total. The highest BCUT2D eigenvalue weighted by Crippen LogP contribution is 2.29. The number of carbonyl (C=O) groups is 3. The summed E-state index contributed by atoms with van der Waals surface area (Å²) in [6, 6.07) is 6.10. The normalized spacial score (nSPS) is 17.9. The lowest BCUT2D eigenvalue weighted by Crippen LogP contribution is -2.51. The molecule has 1 aliphatic heterocycles. The van der Waals surface area contributed by atoms with E-state index in [0.29, 0.717) is 31.0 Å². The Morgan fingerprint density at radius 2 is 1.93 bits per heavy atom. The van der Waals surface area contributed by atoms with Crippen molar-refractivity contribution in [3.05, 3.63) is 40.9 Å². The maximum Gasteiger partial charge on any atom is 0.247 e. The van der Waals surface area contributed by atoms with Crippen LogP contribution in [0.3, 0.4) is 0 Å². The van der Waals surface area contributed by atoms with E-state index in [2.05, 4.69) is 53.1 Å². The van der Waals surface area contributed by atoms with Crippen LogP contribution in [0.4, 0.5) is 0 Å². The Bertz CT molecular complexity index is 1260. The molecule has 2 aromatic rings. The number of amides is 3. The zero-order valence-electron chi connectivity index (χ0n) is 24.8. The van der Waals surface area contributed by atoms with E-state index in [1.54, 1.807) is 18.3 Å². The van der Waals surface area contributed by atoms with E-state index in [4.69, 9.17) is 4.98 Å². The summed E-state index contributed by atoms with van der Waals surface area (Å²) in [5.74, 6) is -0.550. The smallest absolute Gasteiger partial charge is 0.247 e. The fraction of sp³-hybridized carbons (Fsp3) is 0.594. The number of hydrogen-bond donors (Lipinski definition) is 2. The minimum atomic E-state index is -0.640. The first-order valence-corrected chi connectivity index (χ1v) is 16.0. The van der Waals surface area contributed by atoms with Gasteiger partial charge in [0.1, 0.15) is 0 Å². The number of benzene rings is 1. The van der Waals surface area contributed by atoms with Gasteiger partial charge in [0.05, 0.1) is 21.1 Å². The van der Waals surface area contributed by atoms with Gasteiger partial charge < -0.3 is 10.6 Å². The molecule has 0 radical (unpaired) electrons. The van der Waals surface area contributed by atoms with Gasteiger partial charge in [-0.05, 0) is 61.9 Å². The summed E-state index contributed by atoms with van der Waals surface area (Å²) in [6.45, 7) is 13.0. The number of rotatable bonds is 13. The van der Waals surface area contributed by atoms with E-state index in [0.717, 1.165) is 60.4 Å². The molecule has 222 valence electrons. The minimum absolute atomic E-state index is 0.158. The molecule has 1 unspecified atom stereocenters. The predicted molar refractivity (Wildman–Crippen MR) is 166 cm³/mol. The molecule has 1 aliphatic carbocycles. The molecule has 3 amide bonds. The molecule has 2 N–H and O–H groups in total.